The molecule has 1 aliphatic rings. The molecule has 0 fully saturated rings. The highest BCUT2D eigenvalue weighted by Crippen LogP contribution is 2.56. The van der Waals surface area contributed by atoms with Gasteiger partial charge in [-0.1, -0.05) is 158 Å². The van der Waals surface area contributed by atoms with E-state index in [1.165, 1.54) is 33.4 Å². The van der Waals surface area contributed by atoms with Crippen LogP contribution >= 0.6 is 0 Å². The summed E-state index contributed by atoms with van der Waals surface area (Å²) >= 11 is 0. The van der Waals surface area contributed by atoms with Crippen molar-refractivity contribution in [2.75, 3.05) is 0 Å². The molecule has 0 radical (unpaired) electrons. The van der Waals surface area contributed by atoms with Gasteiger partial charge in [0, 0.05) is 27.5 Å². The maximum atomic E-state index is 6.23. The molecular formula is C46H29N3O. The monoisotopic (exact) mass is 639 g/mol. The Hall–Kier alpha value is -6.65. The fourth-order valence-corrected chi connectivity index (χ4v) is 7.80. The maximum absolute atomic E-state index is 6.23. The Morgan fingerprint density at radius 1 is 0.360 bits per heavy atom. The first kappa shape index (κ1) is 28.4. The van der Waals surface area contributed by atoms with Gasteiger partial charge in [-0.2, -0.15) is 0 Å². The lowest BCUT2D eigenvalue weighted by Crippen LogP contribution is -2.28. The van der Waals surface area contributed by atoms with E-state index < -0.39 is 5.41 Å². The van der Waals surface area contributed by atoms with Gasteiger partial charge in [-0.25, -0.2) is 15.0 Å². The number of aromatic nitrogens is 3. The van der Waals surface area contributed by atoms with Gasteiger partial charge in [0.05, 0.1) is 5.41 Å². The molecule has 10 rings (SSSR count). The van der Waals surface area contributed by atoms with E-state index in [0.717, 1.165) is 38.6 Å². The highest BCUT2D eigenvalue weighted by atomic mass is 16.3. The predicted octanol–water partition coefficient (Wildman–Crippen LogP) is 11.1. The summed E-state index contributed by atoms with van der Waals surface area (Å²) in [5.41, 5.74) is 11.5. The van der Waals surface area contributed by atoms with Crippen molar-refractivity contribution in [3.63, 3.8) is 0 Å². The highest BCUT2D eigenvalue weighted by molar-refractivity contribution is 6.05. The van der Waals surface area contributed by atoms with Crippen molar-refractivity contribution < 1.29 is 4.42 Å². The van der Waals surface area contributed by atoms with E-state index in [2.05, 4.69) is 121 Å². The number of benzene rings is 7. The predicted molar refractivity (Wildman–Crippen MR) is 201 cm³/mol. The Bertz CT molecular complexity index is 2650. The Morgan fingerprint density at radius 2 is 0.840 bits per heavy atom. The minimum Gasteiger partial charge on any atom is -0.456 e. The number of hydrogen-bond donors (Lipinski definition) is 0. The fourth-order valence-electron chi connectivity index (χ4n) is 7.80. The average molecular weight is 640 g/mol. The number of hydrogen-bond acceptors (Lipinski definition) is 4. The molecule has 0 spiro atoms. The largest absolute Gasteiger partial charge is 0.456 e. The van der Waals surface area contributed by atoms with Gasteiger partial charge in [-0.05, 0) is 51.6 Å². The molecule has 2 aromatic heterocycles. The third-order valence-corrected chi connectivity index (χ3v) is 10.0. The van der Waals surface area contributed by atoms with Gasteiger partial charge in [0.2, 0.25) is 0 Å². The van der Waals surface area contributed by atoms with Crippen LogP contribution in [0.15, 0.2) is 180 Å². The van der Waals surface area contributed by atoms with Crippen LogP contribution in [0, 0.1) is 0 Å². The minimum atomic E-state index is -0.464. The van der Waals surface area contributed by atoms with Crippen LogP contribution in [-0.2, 0) is 5.41 Å². The third kappa shape index (κ3) is 4.28. The summed E-state index contributed by atoms with van der Waals surface area (Å²) < 4.78 is 6.23. The summed E-state index contributed by atoms with van der Waals surface area (Å²) in [5.74, 6) is 1.84. The Kier molecular flexibility index (Phi) is 6.36. The molecule has 0 atom stereocenters. The summed E-state index contributed by atoms with van der Waals surface area (Å²) in [6.07, 6.45) is 0. The molecule has 0 unspecified atom stereocenters. The summed E-state index contributed by atoms with van der Waals surface area (Å²) in [7, 11) is 0. The Morgan fingerprint density at radius 3 is 1.52 bits per heavy atom. The SMILES string of the molecule is c1ccc(-c2nc(-c3ccc(C4(c5ccccc5)c5ccccc5-c5ccccc54)cc3)nc(-c3ccc4c(c3)oc3ccccc34)n2)cc1. The molecule has 0 aliphatic heterocycles. The van der Waals surface area contributed by atoms with Crippen molar-refractivity contribution in [1.29, 1.82) is 0 Å². The molecule has 234 valence electrons. The zero-order valence-corrected chi connectivity index (χ0v) is 27.0. The van der Waals surface area contributed by atoms with E-state index in [-0.39, 0.29) is 0 Å². The smallest absolute Gasteiger partial charge is 0.164 e. The van der Waals surface area contributed by atoms with E-state index in [9.17, 15) is 0 Å². The third-order valence-electron chi connectivity index (χ3n) is 10.0. The van der Waals surface area contributed by atoms with E-state index >= 15 is 0 Å². The van der Waals surface area contributed by atoms with Crippen molar-refractivity contribution >= 4 is 21.9 Å². The van der Waals surface area contributed by atoms with E-state index in [0.29, 0.717) is 17.5 Å². The van der Waals surface area contributed by atoms with Crippen LogP contribution < -0.4 is 0 Å². The lowest BCUT2D eigenvalue weighted by molar-refractivity contribution is 0.669. The van der Waals surface area contributed by atoms with Crippen molar-refractivity contribution in [2.45, 2.75) is 5.41 Å². The molecule has 50 heavy (non-hydrogen) atoms. The van der Waals surface area contributed by atoms with Crippen LogP contribution in [0.3, 0.4) is 0 Å². The first-order valence-electron chi connectivity index (χ1n) is 16.9. The molecule has 0 saturated carbocycles. The second-order valence-electron chi connectivity index (χ2n) is 12.8. The van der Waals surface area contributed by atoms with E-state index in [4.69, 9.17) is 19.4 Å². The molecule has 7 aromatic carbocycles. The molecule has 4 heteroatoms. The zero-order chi connectivity index (χ0) is 33.1. The molecule has 9 aromatic rings. The van der Waals surface area contributed by atoms with Crippen molar-refractivity contribution in [3.8, 4) is 45.3 Å². The van der Waals surface area contributed by atoms with Gasteiger partial charge in [-0.15, -0.1) is 0 Å². The number of nitrogens with zero attached hydrogens (tertiary/aromatic N) is 3. The second-order valence-corrected chi connectivity index (χ2v) is 12.8. The summed E-state index contributed by atoms with van der Waals surface area (Å²) in [6.45, 7) is 0. The van der Waals surface area contributed by atoms with Crippen LogP contribution in [0.2, 0.25) is 0 Å². The normalized spacial score (nSPS) is 13.0. The van der Waals surface area contributed by atoms with Crippen LogP contribution in [-0.4, -0.2) is 15.0 Å². The topological polar surface area (TPSA) is 51.8 Å². The molecule has 2 heterocycles. The second kappa shape index (κ2) is 11.2. The summed E-state index contributed by atoms with van der Waals surface area (Å²) in [4.78, 5) is 15.1. The molecule has 0 bridgehead atoms. The quantitative estimate of drug-likeness (QED) is 0.188. The van der Waals surface area contributed by atoms with E-state index in [1.54, 1.807) is 0 Å². The molecule has 0 amide bonds. The number of fused-ring (bicyclic) bond motifs is 6. The van der Waals surface area contributed by atoms with Crippen LogP contribution in [0.25, 0.3) is 67.2 Å². The minimum absolute atomic E-state index is 0.464. The van der Waals surface area contributed by atoms with E-state index in [1.807, 2.05) is 54.6 Å². The van der Waals surface area contributed by atoms with Gasteiger partial charge in [0.1, 0.15) is 11.2 Å². The zero-order valence-electron chi connectivity index (χ0n) is 27.0. The van der Waals surface area contributed by atoms with Crippen LogP contribution in [0.1, 0.15) is 22.3 Å². The van der Waals surface area contributed by atoms with Gasteiger partial charge >= 0.3 is 0 Å². The van der Waals surface area contributed by atoms with Crippen molar-refractivity contribution in [3.05, 3.63) is 198 Å². The molecule has 1 aliphatic carbocycles. The summed E-state index contributed by atoms with van der Waals surface area (Å²) in [5, 5.41) is 2.16. The summed E-state index contributed by atoms with van der Waals surface area (Å²) in [6, 6.07) is 61.6. The highest BCUT2D eigenvalue weighted by Gasteiger charge is 2.45. The fraction of sp³-hybridized carbons (Fsp3) is 0.0217. The molecule has 0 N–H and O–H groups in total. The standard InChI is InChI=1S/C46H29N3O/c1-3-13-30(14-4-1)43-47-44(49-45(48-43)32-25-28-38-37-19-9-12-22-41(37)50-42(38)29-32)31-23-26-34(27-24-31)46(33-15-5-2-6-16-33)39-20-10-7-17-35(39)36-18-8-11-21-40(36)46/h1-29H. The van der Waals surface area contributed by atoms with Gasteiger partial charge < -0.3 is 4.42 Å². The molecular weight excluding hydrogens is 611 g/mol. The number of furan rings is 1. The number of para-hydroxylation sites is 1. The van der Waals surface area contributed by atoms with Crippen molar-refractivity contribution in [2.24, 2.45) is 0 Å². The average Bonchev–Trinajstić information content (AvgIpc) is 3.72. The Labute approximate surface area is 289 Å². The van der Waals surface area contributed by atoms with Gasteiger partial charge in [0.25, 0.3) is 0 Å². The number of rotatable bonds is 5. The first-order chi connectivity index (χ1) is 24.8. The van der Waals surface area contributed by atoms with Crippen LogP contribution in [0.4, 0.5) is 0 Å². The molecule has 4 nitrogen and oxygen atoms in total. The first-order valence-corrected chi connectivity index (χ1v) is 16.9. The van der Waals surface area contributed by atoms with Gasteiger partial charge in [0.15, 0.2) is 17.5 Å². The Balaban J connectivity index is 1.14. The molecule has 0 saturated heterocycles. The lowest BCUT2D eigenvalue weighted by atomic mass is 9.67. The van der Waals surface area contributed by atoms with Crippen molar-refractivity contribution in [1.82, 2.24) is 15.0 Å². The lowest BCUT2D eigenvalue weighted by Gasteiger charge is -2.34. The van der Waals surface area contributed by atoms with Crippen LogP contribution in [0.5, 0.6) is 0 Å². The maximum Gasteiger partial charge on any atom is 0.164 e. The van der Waals surface area contributed by atoms with Gasteiger partial charge in [-0.3, -0.25) is 0 Å².